The van der Waals surface area contributed by atoms with Crippen molar-refractivity contribution in [1.29, 1.82) is 0 Å². The quantitative estimate of drug-likeness (QED) is 0.207. The smallest absolute Gasteiger partial charge is 0.223 e. The van der Waals surface area contributed by atoms with Crippen LogP contribution < -0.4 is 9.47 Å². The summed E-state index contributed by atoms with van der Waals surface area (Å²) in [5, 5.41) is 7.13. The van der Waals surface area contributed by atoms with Crippen molar-refractivity contribution in [2.75, 3.05) is 18.6 Å². The number of benzene rings is 3. The number of carbonyl (C=O) groups excluding carboxylic acids is 1. The van der Waals surface area contributed by atoms with Crippen LogP contribution >= 0.6 is 11.6 Å². The maximum absolute atomic E-state index is 14.2. The van der Waals surface area contributed by atoms with Crippen molar-refractivity contribution in [3.05, 3.63) is 82.0 Å². The van der Waals surface area contributed by atoms with Crippen LogP contribution in [-0.4, -0.2) is 38.4 Å². The third kappa shape index (κ3) is 5.22. The van der Waals surface area contributed by atoms with Gasteiger partial charge < -0.3 is 9.47 Å². The van der Waals surface area contributed by atoms with E-state index in [4.69, 9.17) is 26.2 Å². The molecule has 2 aliphatic rings. The first kappa shape index (κ1) is 26.8. The molecule has 1 saturated carbocycles. The molecule has 2 fully saturated rings. The van der Waals surface area contributed by atoms with Crippen LogP contribution in [0.5, 0.6) is 11.6 Å². The number of halogens is 1. The lowest BCUT2D eigenvalue weighted by molar-refractivity contribution is 0.103. The van der Waals surface area contributed by atoms with Crippen LogP contribution in [0.25, 0.3) is 10.8 Å². The molecule has 40 heavy (non-hydrogen) atoms. The van der Waals surface area contributed by atoms with E-state index in [-0.39, 0.29) is 34.6 Å². The molecule has 0 amide bonds. The Balaban J connectivity index is 1.38. The second-order valence-corrected chi connectivity index (χ2v) is 13.5. The van der Waals surface area contributed by atoms with Gasteiger partial charge in [-0.2, -0.15) is 9.46 Å². The van der Waals surface area contributed by atoms with E-state index in [9.17, 15) is 9.00 Å². The van der Waals surface area contributed by atoms with Gasteiger partial charge in [0.1, 0.15) is 23.6 Å². The van der Waals surface area contributed by atoms with Gasteiger partial charge in [0.15, 0.2) is 0 Å². The topological polar surface area (TPSA) is 82.8 Å². The minimum Gasteiger partial charge on any atom is -0.494 e. The number of hydrogen-bond acceptors (Lipinski definition) is 6. The molecule has 1 aliphatic heterocycles. The van der Waals surface area contributed by atoms with Crippen molar-refractivity contribution in [1.82, 2.24) is 9.78 Å². The van der Waals surface area contributed by atoms with Crippen molar-refractivity contribution in [2.45, 2.75) is 44.6 Å². The van der Waals surface area contributed by atoms with Crippen LogP contribution in [0.2, 0.25) is 5.02 Å². The maximum Gasteiger partial charge on any atom is 0.223 e. The summed E-state index contributed by atoms with van der Waals surface area (Å²) >= 11 is 6.87. The second kappa shape index (κ2) is 10.9. The molecule has 0 unspecified atom stereocenters. The Bertz CT molecular complexity index is 1720. The number of methoxy groups -OCH3 is 1. The molecule has 208 valence electrons. The van der Waals surface area contributed by atoms with Gasteiger partial charge in [0.25, 0.3) is 0 Å². The fourth-order valence-corrected chi connectivity index (χ4v) is 7.87. The summed E-state index contributed by atoms with van der Waals surface area (Å²) in [7, 11) is 0.845. The lowest BCUT2D eigenvalue weighted by Crippen LogP contribution is -2.16. The number of carbonyl (C=O) groups is 1. The number of aryl methyl sites for hydroxylation is 1. The summed E-state index contributed by atoms with van der Waals surface area (Å²) in [6.45, 7) is 0.285. The number of ether oxygens (including phenoxy) is 2. The first-order valence-electron chi connectivity index (χ1n) is 13.7. The van der Waals surface area contributed by atoms with Gasteiger partial charge >= 0.3 is 0 Å². The van der Waals surface area contributed by atoms with Gasteiger partial charge in [0, 0.05) is 30.0 Å². The van der Waals surface area contributed by atoms with E-state index in [1.807, 2.05) is 18.2 Å². The van der Waals surface area contributed by atoms with Gasteiger partial charge in [0.05, 0.1) is 27.6 Å². The number of hydrogen-bond donors (Lipinski definition) is 0. The van der Waals surface area contributed by atoms with Crippen molar-refractivity contribution in [3.63, 3.8) is 0 Å². The monoisotopic (exact) mass is 577 g/mol. The third-order valence-electron chi connectivity index (χ3n) is 7.63. The lowest BCUT2D eigenvalue weighted by atomic mass is 10.0. The minimum absolute atomic E-state index is 0.142. The zero-order chi connectivity index (χ0) is 27.9. The van der Waals surface area contributed by atoms with Gasteiger partial charge in [-0.3, -0.25) is 4.79 Å². The van der Waals surface area contributed by atoms with Gasteiger partial charge in [-0.25, -0.2) is 8.89 Å². The Labute approximate surface area is 239 Å². The first-order valence-corrected chi connectivity index (χ1v) is 15.9. The molecular weight excluding hydrogens is 546 g/mol. The predicted molar refractivity (Wildman–Crippen MR) is 159 cm³/mol. The zero-order valence-corrected chi connectivity index (χ0v) is 24.3. The molecule has 1 saturated heterocycles. The number of fused-ring (bicyclic) bond motifs is 1. The van der Waals surface area contributed by atoms with E-state index in [0.717, 1.165) is 54.1 Å². The number of nitrogens with zero attached hydrogens (tertiary/aromatic N) is 3. The number of aromatic nitrogens is 2. The van der Waals surface area contributed by atoms with Crippen LogP contribution in [0.3, 0.4) is 0 Å². The van der Waals surface area contributed by atoms with Crippen molar-refractivity contribution < 1.29 is 18.5 Å². The highest BCUT2D eigenvalue weighted by molar-refractivity contribution is 7.93. The third-order valence-corrected chi connectivity index (χ3v) is 10.4. The normalized spacial score (nSPS) is 16.6. The summed E-state index contributed by atoms with van der Waals surface area (Å²) in [5.41, 5.74) is 2.68. The first-order chi connectivity index (χ1) is 19.4. The molecule has 3 aromatic carbocycles. The predicted octanol–water partition coefficient (Wildman–Crippen LogP) is 7.21. The highest BCUT2D eigenvalue weighted by atomic mass is 35.5. The molecular formula is C31H32ClN3O4S. The summed E-state index contributed by atoms with van der Waals surface area (Å²) < 4.78 is 31.5. The Morgan fingerprint density at radius 2 is 1.82 bits per heavy atom. The Morgan fingerprint density at radius 1 is 1.07 bits per heavy atom. The summed E-state index contributed by atoms with van der Waals surface area (Å²) in [6.07, 6.45) is 4.71. The zero-order valence-electron chi connectivity index (χ0n) is 22.7. The second-order valence-electron chi connectivity index (χ2n) is 10.6. The van der Waals surface area contributed by atoms with Crippen LogP contribution in [0.15, 0.2) is 59.0 Å². The van der Waals surface area contributed by atoms with E-state index >= 15 is 0 Å². The van der Waals surface area contributed by atoms with Gasteiger partial charge in [-0.15, -0.1) is 0 Å². The van der Waals surface area contributed by atoms with Gasteiger partial charge in [0.2, 0.25) is 11.7 Å². The lowest BCUT2D eigenvalue weighted by Gasteiger charge is -2.17. The molecule has 0 atom stereocenters. The number of ketones is 1. The minimum atomic E-state index is -2.47. The maximum atomic E-state index is 14.2. The van der Waals surface area contributed by atoms with Crippen LogP contribution in [-0.2, 0) is 23.4 Å². The highest BCUT2D eigenvalue weighted by Gasteiger charge is 2.36. The van der Waals surface area contributed by atoms with E-state index in [0.29, 0.717) is 28.7 Å². The molecule has 1 aromatic heterocycles. The fraction of sp³-hybridized carbons (Fsp3) is 0.355. The Hall–Kier alpha value is -3.36. The summed E-state index contributed by atoms with van der Waals surface area (Å²) in [4.78, 5) is 14.2. The average molecular weight is 578 g/mol. The molecule has 1 aliphatic carbocycles. The molecule has 6 rings (SSSR count). The molecule has 0 radical (unpaired) electrons. The Morgan fingerprint density at radius 3 is 2.55 bits per heavy atom. The fourth-order valence-electron chi connectivity index (χ4n) is 5.33. The number of rotatable bonds is 8. The molecule has 2 heterocycles. The van der Waals surface area contributed by atoms with Crippen molar-refractivity contribution >= 4 is 43.6 Å². The average Bonchev–Trinajstić information content (AvgIpc) is 3.75. The molecule has 0 spiro atoms. The van der Waals surface area contributed by atoms with Crippen LogP contribution in [0, 0.1) is 0 Å². The molecule has 0 N–H and O–H groups in total. The van der Waals surface area contributed by atoms with Crippen molar-refractivity contribution in [3.8, 4) is 11.6 Å². The van der Waals surface area contributed by atoms with Crippen molar-refractivity contribution in [2.24, 2.45) is 11.4 Å². The van der Waals surface area contributed by atoms with E-state index in [1.54, 1.807) is 23.9 Å². The van der Waals surface area contributed by atoms with Crippen LogP contribution in [0.4, 0.5) is 5.69 Å². The molecule has 0 bridgehead atoms. The molecule has 7 nitrogen and oxygen atoms in total. The summed E-state index contributed by atoms with van der Waals surface area (Å²) in [5.74, 6) is 1.77. The summed E-state index contributed by atoms with van der Waals surface area (Å²) in [6, 6.07) is 17.7. The van der Waals surface area contributed by atoms with E-state index in [1.165, 1.54) is 7.11 Å². The van der Waals surface area contributed by atoms with Gasteiger partial charge in [-0.1, -0.05) is 54.4 Å². The molecule has 4 aromatic rings. The Kier molecular flexibility index (Phi) is 7.31. The van der Waals surface area contributed by atoms with Crippen LogP contribution in [0.1, 0.15) is 65.2 Å². The largest absolute Gasteiger partial charge is 0.494 e. The van der Waals surface area contributed by atoms with E-state index in [2.05, 4.69) is 28.6 Å². The molecule has 9 heteroatoms. The van der Waals surface area contributed by atoms with Gasteiger partial charge in [-0.05, 0) is 60.2 Å². The van der Waals surface area contributed by atoms with E-state index < -0.39 is 9.73 Å². The SMILES string of the molecule is COc1ccc(C(=O)c2c(C3CC3)nn(C)c2OCc2ccc3ccccc3c2)c(Cl)c1N=S1(=O)CCCCC1. The standard InChI is InChI=1S/C31H32ClN3O4S/c1-35-31(39-19-20-10-11-21-8-4-5-9-23(21)18-20)26(28(33-35)22-12-13-22)30(36)24-14-15-25(38-2)29(27(24)32)34-40(37)16-6-3-7-17-40/h4-5,8-11,14-15,18,22H,3,6-7,12-13,16-17,19H2,1-2H3. The highest BCUT2D eigenvalue weighted by Crippen LogP contribution is 2.46.